The molecule has 0 aliphatic carbocycles. The number of ether oxygens (including phenoxy) is 2. The maximum atomic E-state index is 13.9. The monoisotopic (exact) mass is 310 g/mol. The summed E-state index contributed by atoms with van der Waals surface area (Å²) in [6.45, 7) is 0.296. The molecule has 0 fully saturated rings. The Morgan fingerprint density at radius 3 is 2.50 bits per heavy atom. The van der Waals surface area contributed by atoms with Crippen LogP contribution >= 0.6 is 15.9 Å². The third-order valence-electron chi connectivity index (χ3n) is 2.46. The van der Waals surface area contributed by atoms with Crippen molar-refractivity contribution in [3.05, 3.63) is 58.3 Å². The second-order valence-corrected chi connectivity index (χ2v) is 4.52. The number of benzene rings is 2. The number of hydrogen-bond donors (Lipinski definition) is 0. The summed E-state index contributed by atoms with van der Waals surface area (Å²) in [5.74, 6) is 0.0487. The highest BCUT2D eigenvalue weighted by Crippen LogP contribution is 2.35. The van der Waals surface area contributed by atoms with Gasteiger partial charge in [0.15, 0.2) is 17.3 Å². The molecule has 0 amide bonds. The Labute approximate surface area is 113 Å². The van der Waals surface area contributed by atoms with Gasteiger partial charge in [-0.3, -0.25) is 0 Å². The first-order chi connectivity index (χ1) is 8.72. The smallest absolute Gasteiger partial charge is 0.198 e. The van der Waals surface area contributed by atoms with E-state index in [4.69, 9.17) is 9.47 Å². The van der Waals surface area contributed by atoms with Gasteiger partial charge in [0.05, 0.1) is 11.6 Å². The molecule has 2 aromatic rings. The van der Waals surface area contributed by atoms with Gasteiger partial charge in [-0.15, -0.1) is 0 Å². The molecule has 0 aliphatic rings. The van der Waals surface area contributed by atoms with Crippen LogP contribution in [-0.2, 0) is 6.61 Å². The fraction of sp³-hybridized carbons (Fsp3) is 0.143. The first kappa shape index (κ1) is 12.9. The molecule has 4 heteroatoms. The molecule has 0 heterocycles. The van der Waals surface area contributed by atoms with Crippen molar-refractivity contribution >= 4 is 15.9 Å². The second kappa shape index (κ2) is 5.87. The molecule has 0 spiro atoms. The summed E-state index contributed by atoms with van der Waals surface area (Å²) in [6.07, 6.45) is 0. The van der Waals surface area contributed by atoms with E-state index in [0.29, 0.717) is 16.8 Å². The number of methoxy groups -OCH3 is 1. The fourth-order valence-electron chi connectivity index (χ4n) is 1.54. The standard InChI is InChI=1S/C14H12BrFO2/c1-17-12-8-7-11(15)13(16)14(12)18-9-10-5-3-2-4-6-10/h2-8H,9H2,1H3. The average molecular weight is 311 g/mol. The van der Waals surface area contributed by atoms with Gasteiger partial charge >= 0.3 is 0 Å². The third-order valence-corrected chi connectivity index (χ3v) is 3.07. The molecule has 0 atom stereocenters. The average Bonchev–Trinajstić information content (AvgIpc) is 2.41. The summed E-state index contributed by atoms with van der Waals surface area (Å²) in [6, 6.07) is 12.8. The Morgan fingerprint density at radius 1 is 1.11 bits per heavy atom. The molecular formula is C14H12BrFO2. The topological polar surface area (TPSA) is 18.5 Å². The Morgan fingerprint density at radius 2 is 1.83 bits per heavy atom. The first-order valence-corrected chi connectivity index (χ1v) is 6.20. The van der Waals surface area contributed by atoms with Crippen molar-refractivity contribution in [2.24, 2.45) is 0 Å². The Kier molecular flexibility index (Phi) is 4.20. The number of hydrogen-bond acceptors (Lipinski definition) is 2. The summed E-state index contributed by atoms with van der Waals surface area (Å²) >= 11 is 3.13. The summed E-state index contributed by atoms with van der Waals surface area (Å²) in [5, 5.41) is 0. The van der Waals surface area contributed by atoms with E-state index in [2.05, 4.69) is 15.9 Å². The van der Waals surface area contributed by atoms with Crippen molar-refractivity contribution in [2.45, 2.75) is 6.61 Å². The van der Waals surface area contributed by atoms with Crippen molar-refractivity contribution in [1.29, 1.82) is 0 Å². The SMILES string of the molecule is COc1ccc(Br)c(F)c1OCc1ccccc1. The summed E-state index contributed by atoms with van der Waals surface area (Å²) < 4.78 is 24.8. The van der Waals surface area contributed by atoms with E-state index in [-0.39, 0.29) is 5.75 Å². The van der Waals surface area contributed by atoms with E-state index in [1.54, 1.807) is 12.1 Å². The van der Waals surface area contributed by atoms with Crippen molar-refractivity contribution in [2.75, 3.05) is 7.11 Å². The lowest BCUT2D eigenvalue weighted by Gasteiger charge is -2.12. The highest BCUT2D eigenvalue weighted by Gasteiger charge is 2.14. The molecule has 0 aliphatic heterocycles. The quantitative estimate of drug-likeness (QED) is 0.843. The molecule has 0 unspecified atom stereocenters. The number of rotatable bonds is 4. The summed E-state index contributed by atoms with van der Waals surface area (Å²) in [4.78, 5) is 0. The molecule has 0 saturated heterocycles. The zero-order valence-corrected chi connectivity index (χ0v) is 11.4. The Hall–Kier alpha value is -1.55. The van der Waals surface area contributed by atoms with Gasteiger partial charge in [0.2, 0.25) is 0 Å². The lowest BCUT2D eigenvalue weighted by atomic mass is 10.2. The van der Waals surface area contributed by atoms with Crippen molar-refractivity contribution in [3.8, 4) is 11.5 Å². The van der Waals surface area contributed by atoms with Gasteiger partial charge in [0, 0.05) is 0 Å². The first-order valence-electron chi connectivity index (χ1n) is 5.41. The van der Waals surface area contributed by atoms with Crippen molar-refractivity contribution in [3.63, 3.8) is 0 Å². The van der Waals surface area contributed by atoms with Gasteiger partial charge in [-0.2, -0.15) is 0 Å². The van der Waals surface area contributed by atoms with Gasteiger partial charge in [-0.1, -0.05) is 30.3 Å². The normalized spacial score (nSPS) is 10.2. The highest BCUT2D eigenvalue weighted by molar-refractivity contribution is 9.10. The van der Waals surface area contributed by atoms with Gasteiger partial charge < -0.3 is 9.47 Å². The minimum Gasteiger partial charge on any atom is -0.493 e. The highest BCUT2D eigenvalue weighted by atomic mass is 79.9. The molecule has 94 valence electrons. The van der Waals surface area contributed by atoms with E-state index >= 15 is 0 Å². The molecule has 2 rings (SSSR count). The minimum atomic E-state index is -0.453. The van der Waals surface area contributed by atoms with Crippen LogP contribution in [-0.4, -0.2) is 7.11 Å². The van der Waals surface area contributed by atoms with E-state index < -0.39 is 5.82 Å². The molecule has 0 saturated carbocycles. The predicted molar refractivity (Wildman–Crippen MR) is 71.4 cm³/mol. The van der Waals surface area contributed by atoms with Crippen molar-refractivity contribution in [1.82, 2.24) is 0 Å². The van der Waals surface area contributed by atoms with E-state index in [0.717, 1.165) is 5.56 Å². The maximum Gasteiger partial charge on any atom is 0.198 e. The molecule has 0 N–H and O–H groups in total. The van der Waals surface area contributed by atoms with Crippen LogP contribution in [0.1, 0.15) is 5.56 Å². The Balaban J connectivity index is 2.21. The zero-order chi connectivity index (χ0) is 13.0. The molecule has 18 heavy (non-hydrogen) atoms. The predicted octanol–water partition coefficient (Wildman–Crippen LogP) is 4.18. The van der Waals surface area contributed by atoms with Gasteiger partial charge in [0.25, 0.3) is 0 Å². The molecule has 0 aromatic heterocycles. The largest absolute Gasteiger partial charge is 0.493 e. The van der Waals surface area contributed by atoms with Crippen LogP contribution < -0.4 is 9.47 Å². The molecular weight excluding hydrogens is 299 g/mol. The molecule has 0 bridgehead atoms. The van der Waals surface area contributed by atoms with Gasteiger partial charge in [-0.05, 0) is 33.6 Å². The van der Waals surface area contributed by atoms with Crippen LogP contribution in [0.15, 0.2) is 46.9 Å². The lowest BCUT2D eigenvalue weighted by Crippen LogP contribution is -2.00. The number of halogens is 2. The molecule has 2 nitrogen and oxygen atoms in total. The van der Waals surface area contributed by atoms with Crippen LogP contribution in [0.2, 0.25) is 0 Å². The van der Waals surface area contributed by atoms with Crippen LogP contribution in [0.5, 0.6) is 11.5 Å². The zero-order valence-electron chi connectivity index (χ0n) is 9.82. The molecule has 2 aromatic carbocycles. The van der Waals surface area contributed by atoms with Crippen LogP contribution in [0.4, 0.5) is 4.39 Å². The maximum absolute atomic E-state index is 13.9. The summed E-state index contributed by atoms with van der Waals surface area (Å²) in [5.41, 5.74) is 0.971. The summed E-state index contributed by atoms with van der Waals surface area (Å²) in [7, 11) is 1.48. The van der Waals surface area contributed by atoms with Crippen LogP contribution in [0.3, 0.4) is 0 Å². The van der Waals surface area contributed by atoms with Crippen molar-refractivity contribution < 1.29 is 13.9 Å². The third kappa shape index (κ3) is 2.82. The van der Waals surface area contributed by atoms with Crippen LogP contribution in [0, 0.1) is 5.82 Å². The van der Waals surface area contributed by atoms with E-state index in [1.807, 2.05) is 30.3 Å². The van der Waals surface area contributed by atoms with Crippen LogP contribution in [0.25, 0.3) is 0 Å². The second-order valence-electron chi connectivity index (χ2n) is 3.67. The minimum absolute atomic E-state index is 0.121. The van der Waals surface area contributed by atoms with Gasteiger partial charge in [0.1, 0.15) is 6.61 Å². The lowest BCUT2D eigenvalue weighted by molar-refractivity contribution is 0.269. The van der Waals surface area contributed by atoms with E-state index in [1.165, 1.54) is 7.11 Å². The fourth-order valence-corrected chi connectivity index (χ4v) is 1.85. The molecule has 0 radical (unpaired) electrons. The van der Waals surface area contributed by atoms with Gasteiger partial charge in [-0.25, -0.2) is 4.39 Å². The van der Waals surface area contributed by atoms with E-state index in [9.17, 15) is 4.39 Å². The Bertz CT molecular complexity index is 529.